The number of hydrogen-bond donors (Lipinski definition) is 3. The minimum Gasteiger partial charge on any atom is -0.497 e. The summed E-state index contributed by atoms with van der Waals surface area (Å²) in [6.45, 7) is 0.162. The van der Waals surface area contributed by atoms with Crippen molar-refractivity contribution in [2.24, 2.45) is 10.7 Å². The number of aliphatic hydroxyl groups is 1. The normalized spacial score (nSPS) is 12.6. The fourth-order valence-corrected chi connectivity index (χ4v) is 2.00. The summed E-state index contributed by atoms with van der Waals surface area (Å²) in [7, 11) is 3.20. The zero-order chi connectivity index (χ0) is 16.7. The van der Waals surface area contributed by atoms with Crippen LogP contribution in [0.5, 0.6) is 11.5 Å². The highest BCUT2D eigenvalue weighted by molar-refractivity contribution is 5.92. The van der Waals surface area contributed by atoms with Gasteiger partial charge in [-0.1, -0.05) is 18.2 Å². The highest BCUT2D eigenvalue weighted by atomic mass is 16.5. The molecule has 2 aromatic rings. The fourth-order valence-electron chi connectivity index (χ4n) is 2.00. The van der Waals surface area contributed by atoms with Crippen molar-refractivity contribution in [3.8, 4) is 11.5 Å². The predicted octanol–water partition coefficient (Wildman–Crippen LogP) is 2.16. The van der Waals surface area contributed by atoms with Crippen molar-refractivity contribution in [3.05, 3.63) is 54.1 Å². The third-order valence-corrected chi connectivity index (χ3v) is 3.28. The lowest BCUT2D eigenvalue weighted by Gasteiger charge is -2.11. The van der Waals surface area contributed by atoms with E-state index in [4.69, 9.17) is 15.2 Å². The highest BCUT2D eigenvalue weighted by Crippen LogP contribution is 2.18. The van der Waals surface area contributed by atoms with E-state index < -0.39 is 6.10 Å². The van der Waals surface area contributed by atoms with Gasteiger partial charge < -0.3 is 25.6 Å². The van der Waals surface area contributed by atoms with E-state index in [1.807, 2.05) is 24.3 Å². The van der Waals surface area contributed by atoms with Crippen LogP contribution in [0.25, 0.3) is 0 Å². The maximum absolute atomic E-state index is 10.1. The molecule has 0 spiro atoms. The Bertz CT molecular complexity index is 656. The zero-order valence-electron chi connectivity index (χ0n) is 13.2. The first-order valence-electron chi connectivity index (χ1n) is 7.15. The second kappa shape index (κ2) is 8.05. The molecular weight excluding hydrogens is 294 g/mol. The van der Waals surface area contributed by atoms with Crippen LogP contribution < -0.4 is 20.5 Å². The van der Waals surface area contributed by atoms with Gasteiger partial charge >= 0.3 is 0 Å². The molecule has 23 heavy (non-hydrogen) atoms. The number of aliphatic hydroxyl groups excluding tert-OH is 1. The van der Waals surface area contributed by atoms with Gasteiger partial charge in [0.05, 0.1) is 26.9 Å². The Morgan fingerprint density at radius 1 is 1.13 bits per heavy atom. The average Bonchev–Trinajstić information content (AvgIpc) is 2.60. The Morgan fingerprint density at radius 3 is 2.48 bits per heavy atom. The van der Waals surface area contributed by atoms with Gasteiger partial charge in [-0.2, -0.15) is 0 Å². The van der Waals surface area contributed by atoms with Crippen molar-refractivity contribution in [2.75, 3.05) is 26.1 Å². The van der Waals surface area contributed by atoms with Crippen molar-refractivity contribution in [3.63, 3.8) is 0 Å². The minimum atomic E-state index is -0.730. The quantitative estimate of drug-likeness (QED) is 0.561. The molecule has 6 heteroatoms. The second-order valence-electron chi connectivity index (χ2n) is 4.87. The van der Waals surface area contributed by atoms with E-state index >= 15 is 0 Å². The van der Waals surface area contributed by atoms with Crippen molar-refractivity contribution < 1.29 is 14.6 Å². The number of benzene rings is 2. The summed E-state index contributed by atoms with van der Waals surface area (Å²) >= 11 is 0. The molecule has 0 aliphatic carbocycles. The maximum Gasteiger partial charge on any atom is 0.193 e. The van der Waals surface area contributed by atoms with Crippen LogP contribution in [0.15, 0.2) is 53.5 Å². The van der Waals surface area contributed by atoms with Gasteiger partial charge in [0.15, 0.2) is 5.96 Å². The average molecular weight is 315 g/mol. The van der Waals surface area contributed by atoms with Gasteiger partial charge in [0.2, 0.25) is 0 Å². The number of nitrogens with one attached hydrogen (secondary N) is 1. The number of methoxy groups -OCH3 is 2. The molecule has 0 aliphatic heterocycles. The summed E-state index contributed by atoms with van der Waals surface area (Å²) in [4.78, 5) is 4.16. The number of anilines is 1. The van der Waals surface area contributed by atoms with Crippen molar-refractivity contribution in [1.29, 1.82) is 0 Å². The summed E-state index contributed by atoms with van der Waals surface area (Å²) in [5.41, 5.74) is 7.36. The summed E-state index contributed by atoms with van der Waals surface area (Å²) < 4.78 is 10.2. The molecule has 0 bridgehead atoms. The summed E-state index contributed by atoms with van der Waals surface area (Å²) in [5, 5.41) is 13.1. The molecule has 2 rings (SSSR count). The van der Waals surface area contributed by atoms with E-state index in [1.165, 1.54) is 0 Å². The lowest BCUT2D eigenvalue weighted by molar-refractivity contribution is 0.187. The van der Waals surface area contributed by atoms with Crippen LogP contribution in [0.4, 0.5) is 5.69 Å². The van der Waals surface area contributed by atoms with Gasteiger partial charge in [0.1, 0.15) is 11.5 Å². The van der Waals surface area contributed by atoms with Crippen LogP contribution in [-0.4, -0.2) is 31.8 Å². The molecule has 1 unspecified atom stereocenters. The second-order valence-corrected chi connectivity index (χ2v) is 4.87. The first-order chi connectivity index (χ1) is 11.1. The molecule has 0 heterocycles. The molecule has 0 aliphatic rings. The van der Waals surface area contributed by atoms with Crippen LogP contribution >= 0.6 is 0 Å². The molecule has 0 fully saturated rings. The first-order valence-corrected chi connectivity index (χ1v) is 7.15. The Kier molecular flexibility index (Phi) is 5.82. The molecule has 4 N–H and O–H groups in total. The summed E-state index contributed by atoms with van der Waals surface area (Å²) in [6, 6.07) is 14.5. The highest BCUT2D eigenvalue weighted by Gasteiger charge is 2.07. The maximum atomic E-state index is 10.1. The molecular formula is C17H21N3O3. The molecule has 1 atom stereocenters. The number of rotatable bonds is 6. The molecule has 0 amide bonds. The topological polar surface area (TPSA) is 89.1 Å². The molecule has 6 nitrogen and oxygen atoms in total. The Morgan fingerprint density at radius 2 is 1.83 bits per heavy atom. The van der Waals surface area contributed by atoms with Crippen LogP contribution in [-0.2, 0) is 0 Å². The van der Waals surface area contributed by atoms with Crippen LogP contribution in [0, 0.1) is 0 Å². The van der Waals surface area contributed by atoms with E-state index in [2.05, 4.69) is 10.3 Å². The van der Waals surface area contributed by atoms with E-state index in [9.17, 15) is 5.11 Å². The lowest BCUT2D eigenvalue weighted by Crippen LogP contribution is -2.23. The molecule has 0 saturated heterocycles. The van der Waals surface area contributed by atoms with E-state index in [0.29, 0.717) is 0 Å². The van der Waals surface area contributed by atoms with Crippen molar-refractivity contribution in [1.82, 2.24) is 0 Å². The van der Waals surface area contributed by atoms with E-state index in [0.717, 1.165) is 22.7 Å². The minimum absolute atomic E-state index is 0.162. The van der Waals surface area contributed by atoms with Crippen molar-refractivity contribution in [2.45, 2.75) is 6.10 Å². The largest absolute Gasteiger partial charge is 0.497 e. The predicted molar refractivity (Wildman–Crippen MR) is 91.1 cm³/mol. The number of nitrogens with zero attached hydrogens (tertiary/aromatic N) is 1. The zero-order valence-corrected chi connectivity index (χ0v) is 13.2. The third-order valence-electron chi connectivity index (χ3n) is 3.28. The van der Waals surface area contributed by atoms with Gasteiger partial charge in [-0.15, -0.1) is 0 Å². The Balaban J connectivity index is 1.94. The number of nitrogens with two attached hydrogens (primary N) is 1. The summed E-state index contributed by atoms with van der Waals surface area (Å²) in [6.07, 6.45) is -0.730. The first kappa shape index (κ1) is 16.6. The summed E-state index contributed by atoms with van der Waals surface area (Å²) in [5.74, 6) is 1.69. The van der Waals surface area contributed by atoms with Crippen LogP contribution in [0.1, 0.15) is 11.7 Å². The van der Waals surface area contributed by atoms with Gasteiger partial charge in [-0.05, 0) is 29.8 Å². The molecule has 0 aromatic heterocycles. The number of guanidine groups is 1. The monoisotopic (exact) mass is 315 g/mol. The van der Waals surface area contributed by atoms with Crippen LogP contribution in [0.3, 0.4) is 0 Å². The molecule has 0 radical (unpaired) electrons. The molecule has 122 valence electrons. The lowest BCUT2D eigenvalue weighted by atomic mass is 10.1. The van der Waals surface area contributed by atoms with Gasteiger partial charge in [-0.25, -0.2) is 0 Å². The standard InChI is InChI=1S/C17H21N3O3/c1-22-14-8-6-12(7-9-14)16(21)11-19-17(18)20-13-4-3-5-15(10-13)23-2/h3-10,16,21H,11H2,1-2H3,(H3,18,19,20). The van der Waals surface area contributed by atoms with Crippen molar-refractivity contribution >= 4 is 11.6 Å². The van der Waals surface area contributed by atoms with Crippen LogP contribution in [0.2, 0.25) is 0 Å². The SMILES string of the molecule is COc1ccc(C(O)CN=C(N)Nc2cccc(OC)c2)cc1. The van der Waals surface area contributed by atoms with Gasteiger partial charge in [0, 0.05) is 11.8 Å². The molecule has 2 aromatic carbocycles. The van der Waals surface area contributed by atoms with E-state index in [1.54, 1.807) is 38.5 Å². The number of ether oxygens (including phenoxy) is 2. The fraction of sp³-hybridized carbons (Fsp3) is 0.235. The van der Waals surface area contributed by atoms with E-state index in [-0.39, 0.29) is 12.5 Å². The van der Waals surface area contributed by atoms with Gasteiger partial charge in [0.25, 0.3) is 0 Å². The van der Waals surface area contributed by atoms with Gasteiger partial charge in [-0.3, -0.25) is 4.99 Å². The smallest absolute Gasteiger partial charge is 0.193 e. The number of aliphatic imine (C=N–C) groups is 1. The Hall–Kier alpha value is -2.73. The third kappa shape index (κ3) is 4.89. The molecule has 0 saturated carbocycles. The Labute approximate surface area is 135 Å². The number of hydrogen-bond acceptors (Lipinski definition) is 4.